The maximum Gasteiger partial charge on any atom is 0.213 e. The summed E-state index contributed by atoms with van der Waals surface area (Å²) in [5, 5.41) is 4.49. The average molecular weight is 335 g/mol. The zero-order chi connectivity index (χ0) is 17.4. The van der Waals surface area contributed by atoms with Gasteiger partial charge in [-0.2, -0.15) is 5.10 Å². The number of rotatable bonds is 3. The van der Waals surface area contributed by atoms with Gasteiger partial charge >= 0.3 is 0 Å². The van der Waals surface area contributed by atoms with Gasteiger partial charge in [0.2, 0.25) is 5.88 Å². The molecule has 4 aromatic rings. The molecule has 0 fully saturated rings. The standard InChI is InChI=1S/C18H14FN5O/c1-24-10-13(18(23-24)15-4-3-11(19)9-21-15)12-7-8-20-14-5-6-16(25-2)22-17(12)14/h3-10H,1-2H3. The second kappa shape index (κ2) is 5.94. The normalized spacial score (nSPS) is 11.0. The van der Waals surface area contributed by atoms with Crippen LogP contribution in [0.5, 0.6) is 5.88 Å². The molecule has 0 spiro atoms. The molecule has 0 saturated heterocycles. The van der Waals surface area contributed by atoms with Crippen molar-refractivity contribution in [2.45, 2.75) is 0 Å². The Labute approximate surface area is 143 Å². The molecule has 0 aliphatic rings. The molecule has 0 aliphatic carbocycles. The smallest absolute Gasteiger partial charge is 0.213 e. The van der Waals surface area contributed by atoms with Crippen molar-refractivity contribution < 1.29 is 9.13 Å². The van der Waals surface area contributed by atoms with Gasteiger partial charge in [0.15, 0.2) is 0 Å². The Hall–Kier alpha value is -3.35. The highest BCUT2D eigenvalue weighted by Gasteiger charge is 2.17. The monoisotopic (exact) mass is 335 g/mol. The first-order chi connectivity index (χ1) is 12.2. The molecule has 0 amide bonds. The molecule has 124 valence electrons. The van der Waals surface area contributed by atoms with Crippen molar-refractivity contribution in [3.05, 3.63) is 54.7 Å². The summed E-state index contributed by atoms with van der Waals surface area (Å²) < 4.78 is 20.1. The van der Waals surface area contributed by atoms with Crippen molar-refractivity contribution in [1.29, 1.82) is 0 Å². The lowest BCUT2D eigenvalue weighted by Crippen LogP contribution is -1.93. The number of ether oxygens (including phenoxy) is 1. The van der Waals surface area contributed by atoms with E-state index in [1.807, 2.05) is 25.4 Å². The van der Waals surface area contributed by atoms with Crippen molar-refractivity contribution in [1.82, 2.24) is 24.7 Å². The third-order valence-electron chi connectivity index (χ3n) is 3.86. The molecule has 6 nitrogen and oxygen atoms in total. The number of aryl methyl sites for hydroxylation is 1. The molecule has 0 radical (unpaired) electrons. The summed E-state index contributed by atoms with van der Waals surface area (Å²) in [6.45, 7) is 0. The van der Waals surface area contributed by atoms with Gasteiger partial charge in [0.05, 0.1) is 24.5 Å². The molecule has 0 aromatic carbocycles. The van der Waals surface area contributed by atoms with E-state index in [2.05, 4.69) is 20.1 Å². The molecule has 4 rings (SSSR count). The molecule has 0 N–H and O–H groups in total. The van der Waals surface area contributed by atoms with Crippen LogP contribution in [0.1, 0.15) is 0 Å². The number of methoxy groups -OCH3 is 1. The Morgan fingerprint density at radius 3 is 2.68 bits per heavy atom. The van der Waals surface area contributed by atoms with Crippen LogP contribution < -0.4 is 4.74 Å². The SMILES string of the molecule is COc1ccc2nccc(-c3cn(C)nc3-c3ccc(F)cn3)c2n1. The minimum Gasteiger partial charge on any atom is -0.481 e. The Bertz CT molecular complexity index is 1060. The van der Waals surface area contributed by atoms with Gasteiger partial charge in [0, 0.05) is 36.6 Å². The van der Waals surface area contributed by atoms with E-state index in [-0.39, 0.29) is 5.82 Å². The topological polar surface area (TPSA) is 65.7 Å². The number of hydrogen-bond donors (Lipinski definition) is 0. The molecular formula is C18H14FN5O. The van der Waals surface area contributed by atoms with E-state index in [1.165, 1.54) is 12.3 Å². The van der Waals surface area contributed by atoms with E-state index in [4.69, 9.17) is 4.74 Å². The van der Waals surface area contributed by atoms with E-state index in [1.54, 1.807) is 30.1 Å². The second-order valence-electron chi connectivity index (χ2n) is 5.51. The lowest BCUT2D eigenvalue weighted by atomic mass is 10.0. The van der Waals surface area contributed by atoms with Crippen LogP contribution >= 0.6 is 0 Å². The molecule has 0 atom stereocenters. The minimum absolute atomic E-state index is 0.387. The zero-order valence-electron chi connectivity index (χ0n) is 13.6. The first-order valence-corrected chi connectivity index (χ1v) is 7.61. The fourth-order valence-corrected chi connectivity index (χ4v) is 2.73. The van der Waals surface area contributed by atoms with Crippen LogP contribution in [0.4, 0.5) is 4.39 Å². The summed E-state index contributed by atoms with van der Waals surface area (Å²) in [6, 6.07) is 8.48. The Morgan fingerprint density at radius 1 is 1.04 bits per heavy atom. The molecular weight excluding hydrogens is 321 g/mol. The van der Waals surface area contributed by atoms with Crippen molar-refractivity contribution in [3.63, 3.8) is 0 Å². The quantitative estimate of drug-likeness (QED) is 0.575. The van der Waals surface area contributed by atoms with Crippen LogP contribution in [0, 0.1) is 5.82 Å². The first kappa shape index (κ1) is 15.2. The molecule has 0 bridgehead atoms. The van der Waals surface area contributed by atoms with E-state index in [9.17, 15) is 4.39 Å². The molecule has 7 heteroatoms. The summed E-state index contributed by atoms with van der Waals surface area (Å²) >= 11 is 0. The molecule has 0 unspecified atom stereocenters. The van der Waals surface area contributed by atoms with Crippen molar-refractivity contribution in [2.75, 3.05) is 7.11 Å². The predicted octanol–water partition coefficient (Wildman–Crippen LogP) is 3.24. The summed E-state index contributed by atoms with van der Waals surface area (Å²) in [5.74, 6) is 0.120. The van der Waals surface area contributed by atoms with Gasteiger partial charge in [-0.15, -0.1) is 0 Å². The number of halogens is 1. The fourth-order valence-electron chi connectivity index (χ4n) is 2.73. The maximum absolute atomic E-state index is 13.2. The summed E-state index contributed by atoms with van der Waals surface area (Å²) in [6.07, 6.45) is 4.79. The highest BCUT2D eigenvalue weighted by atomic mass is 19.1. The molecule has 25 heavy (non-hydrogen) atoms. The molecule has 0 saturated carbocycles. The number of pyridine rings is 3. The van der Waals surface area contributed by atoms with E-state index in [0.717, 1.165) is 16.6 Å². The lowest BCUT2D eigenvalue weighted by molar-refractivity contribution is 0.399. The van der Waals surface area contributed by atoms with Gasteiger partial charge in [-0.3, -0.25) is 14.6 Å². The van der Waals surface area contributed by atoms with Crippen LogP contribution in [0.3, 0.4) is 0 Å². The third kappa shape index (κ3) is 2.69. The van der Waals surface area contributed by atoms with Crippen LogP contribution in [0.2, 0.25) is 0 Å². The molecule has 4 aromatic heterocycles. The largest absolute Gasteiger partial charge is 0.481 e. The predicted molar refractivity (Wildman–Crippen MR) is 91.5 cm³/mol. The summed E-state index contributed by atoms with van der Waals surface area (Å²) in [4.78, 5) is 13.0. The summed E-state index contributed by atoms with van der Waals surface area (Å²) in [7, 11) is 3.40. The zero-order valence-corrected chi connectivity index (χ0v) is 13.6. The highest BCUT2D eigenvalue weighted by Crippen LogP contribution is 2.33. The van der Waals surface area contributed by atoms with Gasteiger partial charge in [0.25, 0.3) is 0 Å². The van der Waals surface area contributed by atoms with Crippen molar-refractivity contribution in [3.8, 4) is 28.4 Å². The van der Waals surface area contributed by atoms with Gasteiger partial charge in [0.1, 0.15) is 17.0 Å². The third-order valence-corrected chi connectivity index (χ3v) is 3.86. The number of fused-ring (bicyclic) bond motifs is 1. The molecule has 4 heterocycles. The maximum atomic E-state index is 13.2. The van der Waals surface area contributed by atoms with Gasteiger partial charge in [-0.1, -0.05) is 0 Å². The highest BCUT2D eigenvalue weighted by molar-refractivity contribution is 5.95. The van der Waals surface area contributed by atoms with E-state index >= 15 is 0 Å². The first-order valence-electron chi connectivity index (χ1n) is 7.61. The van der Waals surface area contributed by atoms with E-state index < -0.39 is 0 Å². The second-order valence-corrected chi connectivity index (χ2v) is 5.51. The van der Waals surface area contributed by atoms with Crippen LogP contribution in [-0.2, 0) is 7.05 Å². The summed E-state index contributed by atoms with van der Waals surface area (Å²) in [5.41, 5.74) is 4.40. The Balaban J connectivity index is 1.96. The Kier molecular flexibility index (Phi) is 3.61. The minimum atomic E-state index is -0.387. The number of aromatic nitrogens is 5. The number of hydrogen-bond acceptors (Lipinski definition) is 5. The number of nitrogens with zero attached hydrogens (tertiary/aromatic N) is 5. The Morgan fingerprint density at radius 2 is 1.92 bits per heavy atom. The van der Waals surface area contributed by atoms with Gasteiger partial charge < -0.3 is 4.74 Å². The van der Waals surface area contributed by atoms with Crippen LogP contribution in [-0.4, -0.2) is 31.8 Å². The van der Waals surface area contributed by atoms with Crippen LogP contribution in [0.15, 0.2) is 48.9 Å². The van der Waals surface area contributed by atoms with Gasteiger partial charge in [-0.05, 0) is 24.3 Å². The van der Waals surface area contributed by atoms with Crippen molar-refractivity contribution in [2.24, 2.45) is 7.05 Å². The average Bonchev–Trinajstić information content (AvgIpc) is 3.03. The fraction of sp³-hybridized carbons (Fsp3) is 0.111. The van der Waals surface area contributed by atoms with Gasteiger partial charge in [-0.25, -0.2) is 9.37 Å². The van der Waals surface area contributed by atoms with Crippen LogP contribution in [0.25, 0.3) is 33.5 Å². The van der Waals surface area contributed by atoms with Crippen molar-refractivity contribution >= 4 is 11.0 Å². The van der Waals surface area contributed by atoms with E-state index in [0.29, 0.717) is 22.8 Å². The molecule has 0 aliphatic heterocycles. The lowest BCUT2D eigenvalue weighted by Gasteiger charge is -2.07.